The van der Waals surface area contributed by atoms with E-state index in [0.717, 1.165) is 22.3 Å². The minimum absolute atomic E-state index is 0.00255. The average molecular weight is 1320 g/mol. The number of hydrogen-bond donors (Lipinski definition) is 4. The van der Waals surface area contributed by atoms with Crippen LogP contribution in [0, 0.1) is 0 Å². The summed E-state index contributed by atoms with van der Waals surface area (Å²) in [4.78, 5) is 54.0. The second kappa shape index (κ2) is 33.8. The first-order valence-corrected chi connectivity index (χ1v) is 33.2. The van der Waals surface area contributed by atoms with Gasteiger partial charge in [-0.25, -0.2) is 21.6 Å². The Bertz CT molecular complexity index is 2950. The van der Waals surface area contributed by atoms with E-state index in [0.29, 0.717) is 50.9 Å². The molecule has 0 saturated carbocycles. The lowest BCUT2D eigenvalue weighted by Crippen LogP contribution is -2.47. The van der Waals surface area contributed by atoms with Gasteiger partial charge in [-0.05, 0) is 158 Å². The second-order valence-corrected chi connectivity index (χ2v) is 27.5. The van der Waals surface area contributed by atoms with Crippen LogP contribution in [0.25, 0.3) is 0 Å². The summed E-state index contributed by atoms with van der Waals surface area (Å²) in [6, 6.07) is 19.7. The van der Waals surface area contributed by atoms with Crippen molar-refractivity contribution in [3.63, 3.8) is 0 Å². The van der Waals surface area contributed by atoms with E-state index in [4.69, 9.17) is 79.9 Å². The fourth-order valence-electron chi connectivity index (χ4n) is 10.1. The van der Waals surface area contributed by atoms with Gasteiger partial charge in [0.25, 0.3) is 0 Å². The first-order valence-electron chi connectivity index (χ1n) is 28.5. The molecule has 26 heteroatoms. The van der Waals surface area contributed by atoms with E-state index < -0.39 is 37.3 Å². The number of carboxylic acids is 1. The van der Waals surface area contributed by atoms with Crippen molar-refractivity contribution < 1.29 is 69.5 Å². The number of benzene rings is 4. The van der Waals surface area contributed by atoms with Crippen LogP contribution in [0.15, 0.2) is 82.6 Å². The van der Waals surface area contributed by atoms with E-state index in [1.165, 1.54) is 24.3 Å². The number of rotatable bonds is 39. The van der Waals surface area contributed by atoms with Crippen molar-refractivity contribution in [2.75, 3.05) is 99.9 Å². The number of carbonyl (C=O) groups excluding carboxylic acids is 3. The summed E-state index contributed by atoms with van der Waals surface area (Å²) in [6.45, 7) is 3.54. The number of halogens is 4. The van der Waals surface area contributed by atoms with Crippen LogP contribution in [0.5, 0.6) is 11.5 Å². The molecule has 1 unspecified atom stereocenters. The predicted molar refractivity (Wildman–Crippen MR) is 329 cm³/mol. The lowest BCUT2D eigenvalue weighted by atomic mass is 9.88. The summed E-state index contributed by atoms with van der Waals surface area (Å²) in [6.07, 6.45) is 1.45. The monoisotopic (exact) mass is 1310 g/mol. The number of sulfonamides is 1. The summed E-state index contributed by atoms with van der Waals surface area (Å²) in [5.41, 5.74) is 2.78. The summed E-state index contributed by atoms with van der Waals surface area (Å²) in [5.74, 6) is -1.13. The molecule has 2 aliphatic rings. The van der Waals surface area contributed by atoms with E-state index in [1.807, 2.05) is 40.3 Å². The van der Waals surface area contributed by atoms with Crippen LogP contribution < -0.4 is 24.8 Å². The molecule has 474 valence electrons. The molecule has 2 aliphatic carbocycles. The standard InChI is InChI=1S/C60H79Cl4N5O15S2/c1-60(67-56(72)17-18-57(73)74,21-19-42(70)8-6-25-79-29-32-82-28-24-66-86(77,78)46-15-11-44(12-16-46)84-59-50-35-41(62)37-52(64)48(50)39-54(59)69(4)5)22-20-55(71)65-23-27-81-31-30-80-26-7-33-85(75,76)45-13-9-43(10-14-45)83-58-49-34-40(61)36-51(63)47(49)38-53(58)68(2)3/h9-16,34-37,53-54,58-59,66H,6-8,17-33,38-39H2,1-5H3,(H,65,71)(H,67,72)(H,73,74)/t53-,54-,58-,59-,60?/m0/s1. The molecule has 0 spiro atoms. The maximum Gasteiger partial charge on any atom is 0.303 e. The molecule has 2 amide bonds. The Labute approximate surface area is 525 Å². The molecule has 0 fully saturated rings. The first-order chi connectivity index (χ1) is 40.8. The van der Waals surface area contributed by atoms with Crippen LogP contribution in [0.4, 0.5) is 0 Å². The molecule has 0 heterocycles. The Kier molecular flexibility index (Phi) is 27.7. The van der Waals surface area contributed by atoms with Crippen LogP contribution in [-0.2, 0) is 70.8 Å². The Morgan fingerprint density at radius 2 is 1.06 bits per heavy atom. The van der Waals surface area contributed by atoms with Crippen molar-refractivity contribution in [1.82, 2.24) is 25.2 Å². The van der Waals surface area contributed by atoms with E-state index in [9.17, 15) is 36.0 Å². The van der Waals surface area contributed by atoms with Gasteiger partial charge in [-0.2, -0.15) is 0 Å². The van der Waals surface area contributed by atoms with Gasteiger partial charge in [0.15, 0.2) is 9.84 Å². The number of carboxylic acid groups (broad SMARTS) is 1. The second-order valence-electron chi connectivity index (χ2n) is 21.9. The molecule has 4 aromatic carbocycles. The molecule has 4 aromatic rings. The molecule has 0 saturated heterocycles. The average Bonchev–Trinajstić information content (AvgIpc) is 2.49. The Hall–Kier alpha value is -4.66. The summed E-state index contributed by atoms with van der Waals surface area (Å²) in [7, 11) is 0.427. The number of amides is 2. The zero-order valence-corrected chi connectivity index (χ0v) is 53.8. The van der Waals surface area contributed by atoms with Crippen molar-refractivity contribution in [2.45, 2.75) is 117 Å². The van der Waals surface area contributed by atoms with Gasteiger partial charge in [0.05, 0.1) is 73.7 Å². The number of ketones is 1. The largest absolute Gasteiger partial charge is 0.484 e. The highest BCUT2D eigenvalue weighted by Crippen LogP contribution is 2.44. The molecule has 20 nitrogen and oxygen atoms in total. The molecule has 0 aromatic heterocycles. The highest BCUT2D eigenvalue weighted by atomic mass is 35.5. The first kappa shape index (κ1) is 70.4. The van der Waals surface area contributed by atoms with E-state index in [2.05, 4.69) is 25.2 Å². The van der Waals surface area contributed by atoms with Crippen LogP contribution in [0.2, 0.25) is 20.1 Å². The third-order valence-electron chi connectivity index (χ3n) is 14.9. The third-order valence-corrected chi connectivity index (χ3v) is 19.3. The summed E-state index contributed by atoms with van der Waals surface area (Å²) >= 11 is 25.6. The fourth-order valence-corrected chi connectivity index (χ4v) is 13.6. The van der Waals surface area contributed by atoms with Crippen molar-refractivity contribution >= 4 is 89.8 Å². The zero-order chi connectivity index (χ0) is 62.6. The molecule has 0 radical (unpaired) electrons. The highest BCUT2D eigenvalue weighted by molar-refractivity contribution is 7.91. The number of fused-ring (bicyclic) bond motifs is 2. The van der Waals surface area contributed by atoms with Gasteiger partial charge in [0, 0.05) is 88.7 Å². The van der Waals surface area contributed by atoms with Gasteiger partial charge >= 0.3 is 5.97 Å². The smallest absolute Gasteiger partial charge is 0.303 e. The minimum atomic E-state index is -3.83. The molecule has 6 rings (SSSR count). The highest BCUT2D eigenvalue weighted by Gasteiger charge is 2.39. The molecule has 0 aliphatic heterocycles. The quantitative estimate of drug-likeness (QED) is 0.0306. The molecule has 0 bridgehead atoms. The summed E-state index contributed by atoms with van der Waals surface area (Å²) in [5, 5.41) is 16.9. The minimum Gasteiger partial charge on any atom is -0.484 e. The van der Waals surface area contributed by atoms with Gasteiger partial charge < -0.3 is 54.0 Å². The molecule has 4 N–H and O–H groups in total. The van der Waals surface area contributed by atoms with E-state index >= 15 is 0 Å². The van der Waals surface area contributed by atoms with Gasteiger partial charge in [0.1, 0.15) is 29.5 Å². The number of carbonyl (C=O) groups is 4. The Morgan fingerprint density at radius 3 is 1.57 bits per heavy atom. The topological polar surface area (TPSA) is 255 Å². The van der Waals surface area contributed by atoms with Crippen LogP contribution in [0.3, 0.4) is 0 Å². The van der Waals surface area contributed by atoms with Gasteiger partial charge in [-0.3, -0.25) is 19.2 Å². The predicted octanol–water partition coefficient (Wildman–Crippen LogP) is 8.49. The summed E-state index contributed by atoms with van der Waals surface area (Å²) < 4.78 is 89.8. The number of ether oxygens (including phenoxy) is 6. The fraction of sp³-hybridized carbons (Fsp3) is 0.533. The number of Topliss-reactive ketones (excluding diaryl/α,β-unsaturated/α-hetero) is 1. The number of nitrogens with zero attached hydrogens (tertiary/aromatic N) is 2. The number of likely N-dealkylation sites (N-methyl/N-ethyl adjacent to an activating group) is 2. The normalized spacial score (nSPS) is 17.3. The van der Waals surface area contributed by atoms with Crippen molar-refractivity contribution in [1.29, 1.82) is 0 Å². The SMILES string of the molecule is CN(C)[C@H]1Cc2c(Cl)cc(Cl)cc2[C@@H]1Oc1ccc(S(=O)(=O)CCCOCCOCCNC(=O)CCC(C)(CCC(=O)CCCOCCOCCNS(=O)(=O)c2ccc(O[C@H]3c4cc(Cl)cc(Cl)c4C[C@@H]3N(C)C)cc2)NC(=O)CCC(=O)O)cc1. The molecular weight excluding hydrogens is 1240 g/mol. The van der Waals surface area contributed by atoms with Gasteiger partial charge in [0.2, 0.25) is 21.8 Å². The Balaban J connectivity index is 0.793. The maximum absolute atomic E-state index is 13.1. The molecule has 86 heavy (non-hydrogen) atoms. The third kappa shape index (κ3) is 21.8. The van der Waals surface area contributed by atoms with Crippen molar-refractivity contribution in [3.05, 3.63) is 115 Å². The molecular formula is C60H79Cl4N5O15S2. The van der Waals surface area contributed by atoms with Gasteiger partial charge in [-0.15, -0.1) is 0 Å². The van der Waals surface area contributed by atoms with Crippen LogP contribution >= 0.6 is 46.4 Å². The number of aliphatic carboxylic acids is 1. The lowest BCUT2D eigenvalue weighted by Gasteiger charge is -2.31. The van der Waals surface area contributed by atoms with Gasteiger partial charge in [-0.1, -0.05) is 46.4 Å². The van der Waals surface area contributed by atoms with Crippen LogP contribution in [-0.4, -0.2) is 173 Å². The molecule has 5 atom stereocenters. The number of sulfone groups is 1. The zero-order valence-electron chi connectivity index (χ0n) is 49.2. The van der Waals surface area contributed by atoms with Crippen molar-refractivity contribution in [3.8, 4) is 11.5 Å². The van der Waals surface area contributed by atoms with Crippen LogP contribution in [0.1, 0.15) is 99.2 Å². The Morgan fingerprint density at radius 1 is 0.581 bits per heavy atom. The van der Waals surface area contributed by atoms with E-state index in [-0.39, 0.29) is 169 Å². The lowest BCUT2D eigenvalue weighted by molar-refractivity contribution is -0.139. The number of hydrogen-bond acceptors (Lipinski definition) is 16. The maximum atomic E-state index is 13.1. The van der Waals surface area contributed by atoms with E-state index in [1.54, 1.807) is 43.3 Å². The van der Waals surface area contributed by atoms with Crippen molar-refractivity contribution in [2.24, 2.45) is 0 Å². The number of nitrogens with one attached hydrogen (secondary N) is 3.